The molecule has 0 radical (unpaired) electrons. The van der Waals surface area contributed by atoms with Crippen LogP contribution >= 0.6 is 0 Å². The first kappa shape index (κ1) is 33.9. The van der Waals surface area contributed by atoms with Crippen LogP contribution in [0.25, 0.3) is 0 Å². The summed E-state index contributed by atoms with van der Waals surface area (Å²) in [5.74, 6) is -2.01. The minimum atomic E-state index is -1.04. The lowest BCUT2D eigenvalue weighted by atomic mass is 10.0. The van der Waals surface area contributed by atoms with Crippen molar-refractivity contribution in [1.29, 1.82) is 0 Å². The van der Waals surface area contributed by atoms with Crippen LogP contribution in [0.2, 0.25) is 0 Å². The van der Waals surface area contributed by atoms with Gasteiger partial charge in [-0.05, 0) is 50.3 Å². The molecule has 0 spiro atoms. The maximum absolute atomic E-state index is 12.6. The summed E-state index contributed by atoms with van der Waals surface area (Å²) in [5.41, 5.74) is 6.64. The van der Waals surface area contributed by atoms with Gasteiger partial charge in [-0.15, -0.1) is 0 Å². The van der Waals surface area contributed by atoms with Gasteiger partial charge in [-0.2, -0.15) is 0 Å². The third kappa shape index (κ3) is 13.0. The van der Waals surface area contributed by atoms with Crippen LogP contribution in [0.4, 0.5) is 4.79 Å². The van der Waals surface area contributed by atoms with Crippen molar-refractivity contribution in [3.63, 3.8) is 0 Å². The fourth-order valence-corrected chi connectivity index (χ4v) is 3.55. The number of ether oxygens (including phenoxy) is 5. The van der Waals surface area contributed by atoms with E-state index in [2.05, 4.69) is 0 Å². The Bertz CT molecular complexity index is 933. The maximum Gasteiger partial charge on any atom is 0.508 e. The second-order valence-electron chi connectivity index (χ2n) is 9.82. The summed E-state index contributed by atoms with van der Waals surface area (Å²) < 4.78 is 26.3. The van der Waals surface area contributed by atoms with Gasteiger partial charge in [-0.25, -0.2) is 4.79 Å². The molecule has 1 rings (SSSR count). The zero-order chi connectivity index (χ0) is 29.4. The summed E-state index contributed by atoms with van der Waals surface area (Å²) in [4.78, 5) is 49.2. The molecular formula is C29H45NO9. The summed E-state index contributed by atoms with van der Waals surface area (Å²) in [6.07, 6.45) is 3.08. The van der Waals surface area contributed by atoms with Gasteiger partial charge >= 0.3 is 24.1 Å². The summed E-state index contributed by atoms with van der Waals surface area (Å²) >= 11 is 0. The fraction of sp³-hybridized carbons (Fsp3) is 0.655. The fourth-order valence-electron chi connectivity index (χ4n) is 3.55. The highest BCUT2D eigenvalue weighted by Crippen LogP contribution is 2.31. The standard InChI is InChI=1S/C29H45NO9/c1-7-10-15-35-29(34)36-18-21(6)37-28(33)23(30)16-22-13-14-24(38-26(31)19(4)11-8-2)25(17-22)39-27(32)20(5)12-9-3/h13-14,17,19-21,23H,7-12,15-16,18,30H2,1-6H3/t19?,20?,21-,23-/m0/s1. The molecule has 1 aromatic carbocycles. The molecule has 0 aromatic heterocycles. The van der Waals surface area contributed by atoms with Gasteiger partial charge in [-0.1, -0.05) is 59.9 Å². The van der Waals surface area contributed by atoms with E-state index in [-0.39, 0.29) is 43.0 Å². The van der Waals surface area contributed by atoms with Crippen LogP contribution in [0.1, 0.15) is 85.6 Å². The molecular weight excluding hydrogens is 506 g/mol. The minimum absolute atomic E-state index is 0.0704. The topological polar surface area (TPSA) is 140 Å². The number of hydrogen-bond acceptors (Lipinski definition) is 10. The van der Waals surface area contributed by atoms with Gasteiger partial charge in [0.05, 0.1) is 18.4 Å². The number of esters is 3. The Morgan fingerprint density at radius 2 is 1.38 bits per heavy atom. The van der Waals surface area contributed by atoms with Crippen LogP contribution in [0, 0.1) is 11.8 Å². The summed E-state index contributed by atoms with van der Waals surface area (Å²) in [7, 11) is 0. The average molecular weight is 552 g/mol. The molecule has 2 N–H and O–H groups in total. The molecule has 10 nitrogen and oxygen atoms in total. The number of carbonyl (C=O) groups excluding carboxylic acids is 4. The van der Waals surface area contributed by atoms with Gasteiger partial charge in [0.1, 0.15) is 18.8 Å². The van der Waals surface area contributed by atoms with Gasteiger partial charge in [0.25, 0.3) is 0 Å². The lowest BCUT2D eigenvalue weighted by Crippen LogP contribution is -2.37. The molecule has 0 amide bonds. The quantitative estimate of drug-likeness (QED) is 0.157. The zero-order valence-electron chi connectivity index (χ0n) is 24.2. The molecule has 0 aliphatic rings. The van der Waals surface area contributed by atoms with E-state index in [0.717, 1.165) is 25.7 Å². The Morgan fingerprint density at radius 3 is 1.95 bits per heavy atom. The molecule has 2 unspecified atom stereocenters. The van der Waals surface area contributed by atoms with Gasteiger partial charge in [0.15, 0.2) is 11.5 Å². The third-order valence-corrected chi connectivity index (χ3v) is 5.91. The SMILES string of the molecule is CCCCOC(=O)OC[C@H](C)OC(=O)[C@@H](N)Cc1ccc(OC(=O)C(C)CCC)c(OC(=O)C(C)CCC)c1. The predicted molar refractivity (Wildman–Crippen MR) is 145 cm³/mol. The average Bonchev–Trinajstić information content (AvgIpc) is 2.89. The molecule has 220 valence electrons. The predicted octanol–water partition coefficient (Wildman–Crippen LogP) is 5.12. The molecule has 10 heteroatoms. The number of benzene rings is 1. The molecule has 0 aliphatic heterocycles. The minimum Gasteiger partial charge on any atom is -0.458 e. The van der Waals surface area contributed by atoms with E-state index in [0.29, 0.717) is 18.4 Å². The molecule has 1 aromatic rings. The van der Waals surface area contributed by atoms with Crippen molar-refractivity contribution in [2.24, 2.45) is 17.6 Å². The number of unbranched alkanes of at least 4 members (excludes halogenated alkanes) is 1. The van der Waals surface area contributed by atoms with Gasteiger partial charge in [0.2, 0.25) is 0 Å². The van der Waals surface area contributed by atoms with Crippen molar-refractivity contribution < 1.29 is 42.9 Å². The van der Waals surface area contributed by atoms with Crippen molar-refractivity contribution in [1.82, 2.24) is 0 Å². The van der Waals surface area contributed by atoms with Crippen molar-refractivity contribution in [3.05, 3.63) is 23.8 Å². The number of nitrogens with two attached hydrogens (primary N) is 1. The molecule has 39 heavy (non-hydrogen) atoms. The van der Waals surface area contributed by atoms with Crippen LogP contribution in [0.5, 0.6) is 11.5 Å². The summed E-state index contributed by atoms with van der Waals surface area (Å²) in [6.45, 7) is 11.1. The Balaban J connectivity index is 2.88. The van der Waals surface area contributed by atoms with Crippen molar-refractivity contribution >= 4 is 24.1 Å². The molecule has 0 bridgehead atoms. The van der Waals surface area contributed by atoms with Gasteiger partial charge in [0, 0.05) is 0 Å². The Kier molecular flexibility index (Phi) is 15.8. The van der Waals surface area contributed by atoms with Crippen LogP contribution < -0.4 is 15.2 Å². The van der Waals surface area contributed by atoms with E-state index in [4.69, 9.17) is 29.4 Å². The van der Waals surface area contributed by atoms with E-state index in [1.165, 1.54) is 12.1 Å². The number of hydrogen-bond donors (Lipinski definition) is 1. The smallest absolute Gasteiger partial charge is 0.458 e. The van der Waals surface area contributed by atoms with Crippen molar-refractivity contribution in [2.45, 2.75) is 98.6 Å². The van der Waals surface area contributed by atoms with Crippen LogP contribution in [0.15, 0.2) is 18.2 Å². The van der Waals surface area contributed by atoms with Crippen LogP contribution in [-0.2, 0) is 35.0 Å². The largest absolute Gasteiger partial charge is 0.508 e. The highest BCUT2D eigenvalue weighted by atomic mass is 16.7. The zero-order valence-corrected chi connectivity index (χ0v) is 24.2. The Labute approximate surface area is 231 Å². The molecule has 4 atom stereocenters. The maximum atomic E-state index is 12.6. The van der Waals surface area contributed by atoms with E-state index >= 15 is 0 Å². The Hall–Kier alpha value is -3.14. The second kappa shape index (κ2) is 18.2. The highest BCUT2D eigenvalue weighted by molar-refractivity contribution is 5.79. The summed E-state index contributed by atoms with van der Waals surface area (Å²) in [5, 5.41) is 0. The molecule has 0 heterocycles. The third-order valence-electron chi connectivity index (χ3n) is 5.91. The van der Waals surface area contributed by atoms with Crippen molar-refractivity contribution in [3.8, 4) is 11.5 Å². The molecule has 0 saturated carbocycles. The Morgan fingerprint density at radius 1 is 0.795 bits per heavy atom. The van der Waals surface area contributed by atoms with E-state index < -0.39 is 36.2 Å². The lowest BCUT2D eigenvalue weighted by molar-refractivity contribution is -0.152. The summed E-state index contributed by atoms with van der Waals surface area (Å²) in [6, 6.07) is 3.67. The molecule has 0 saturated heterocycles. The van der Waals surface area contributed by atoms with E-state index in [1.54, 1.807) is 26.8 Å². The molecule has 0 fully saturated rings. The van der Waals surface area contributed by atoms with E-state index in [1.807, 2.05) is 20.8 Å². The lowest BCUT2D eigenvalue weighted by Gasteiger charge is -2.18. The normalized spacial score (nSPS) is 13.9. The van der Waals surface area contributed by atoms with Crippen LogP contribution in [0.3, 0.4) is 0 Å². The monoisotopic (exact) mass is 551 g/mol. The van der Waals surface area contributed by atoms with Gasteiger partial charge in [-0.3, -0.25) is 14.4 Å². The van der Waals surface area contributed by atoms with Gasteiger partial charge < -0.3 is 29.4 Å². The first-order chi connectivity index (χ1) is 18.5. The first-order valence-corrected chi connectivity index (χ1v) is 13.8. The molecule has 0 aliphatic carbocycles. The second-order valence-corrected chi connectivity index (χ2v) is 9.82. The van der Waals surface area contributed by atoms with Crippen molar-refractivity contribution in [2.75, 3.05) is 13.2 Å². The first-order valence-electron chi connectivity index (χ1n) is 13.8. The highest BCUT2D eigenvalue weighted by Gasteiger charge is 2.23. The van der Waals surface area contributed by atoms with E-state index in [9.17, 15) is 19.2 Å². The van der Waals surface area contributed by atoms with Crippen LogP contribution in [-0.4, -0.2) is 49.4 Å². The number of rotatable bonds is 17. The number of carbonyl (C=O) groups is 4.